The van der Waals surface area contributed by atoms with Gasteiger partial charge in [0, 0.05) is 18.8 Å². The van der Waals surface area contributed by atoms with Crippen molar-refractivity contribution in [2.45, 2.75) is 12.7 Å². The fourth-order valence-corrected chi connectivity index (χ4v) is 1.61. The monoisotopic (exact) mass is 282 g/mol. The fourth-order valence-electron chi connectivity index (χ4n) is 1.61. The first kappa shape index (κ1) is 14.3. The Kier molecular flexibility index (Phi) is 4.24. The molecular weight excluding hydrogens is 269 g/mol. The highest BCUT2D eigenvalue weighted by molar-refractivity contribution is 5.31. The Balaban J connectivity index is 2.06. The highest BCUT2D eigenvalue weighted by atomic mass is 19.4. The topological polar surface area (TPSA) is 34.1 Å². The summed E-state index contributed by atoms with van der Waals surface area (Å²) in [4.78, 5) is 3.64. The van der Waals surface area contributed by atoms with Crippen LogP contribution in [0.4, 0.5) is 13.2 Å². The second kappa shape index (κ2) is 5.92. The third-order valence-electron chi connectivity index (χ3n) is 2.59. The van der Waals surface area contributed by atoms with Crippen LogP contribution in [0.25, 0.3) is 0 Å². The zero-order valence-corrected chi connectivity index (χ0v) is 10.7. The minimum atomic E-state index is -4.39. The van der Waals surface area contributed by atoms with Gasteiger partial charge in [0.1, 0.15) is 5.75 Å². The van der Waals surface area contributed by atoms with E-state index in [1.165, 1.54) is 6.07 Å². The van der Waals surface area contributed by atoms with Crippen LogP contribution < -0.4 is 10.1 Å². The maximum absolute atomic E-state index is 12.4. The molecule has 0 bridgehead atoms. The quantitative estimate of drug-likeness (QED) is 0.930. The number of alkyl halides is 3. The van der Waals surface area contributed by atoms with Crippen LogP contribution in [0.5, 0.6) is 11.6 Å². The van der Waals surface area contributed by atoms with Gasteiger partial charge in [0.05, 0.1) is 5.56 Å². The van der Waals surface area contributed by atoms with Gasteiger partial charge < -0.3 is 10.1 Å². The van der Waals surface area contributed by atoms with Crippen molar-refractivity contribution in [2.24, 2.45) is 0 Å². The molecule has 1 aromatic carbocycles. The summed E-state index contributed by atoms with van der Waals surface area (Å²) in [5, 5.41) is 3.01. The van der Waals surface area contributed by atoms with Gasteiger partial charge in [0.25, 0.3) is 0 Å². The van der Waals surface area contributed by atoms with Crippen molar-refractivity contribution >= 4 is 0 Å². The van der Waals surface area contributed by atoms with E-state index in [1.807, 2.05) is 19.2 Å². The SMILES string of the molecule is CNCc1ccc(Oc2ccc(C(F)(F)F)cn2)cc1. The molecule has 0 amide bonds. The van der Waals surface area contributed by atoms with E-state index in [-0.39, 0.29) is 5.88 Å². The third-order valence-corrected chi connectivity index (χ3v) is 2.59. The second-order valence-electron chi connectivity index (χ2n) is 4.16. The van der Waals surface area contributed by atoms with E-state index in [0.717, 1.165) is 24.4 Å². The summed E-state index contributed by atoms with van der Waals surface area (Å²) >= 11 is 0. The molecule has 0 saturated heterocycles. The maximum atomic E-state index is 12.4. The minimum Gasteiger partial charge on any atom is -0.439 e. The molecule has 106 valence electrons. The number of aromatic nitrogens is 1. The Morgan fingerprint density at radius 2 is 1.80 bits per heavy atom. The van der Waals surface area contributed by atoms with E-state index in [0.29, 0.717) is 5.75 Å². The van der Waals surface area contributed by atoms with Crippen LogP contribution in [0.3, 0.4) is 0 Å². The van der Waals surface area contributed by atoms with Crippen molar-refractivity contribution in [3.8, 4) is 11.6 Å². The highest BCUT2D eigenvalue weighted by Crippen LogP contribution is 2.30. The van der Waals surface area contributed by atoms with Gasteiger partial charge >= 0.3 is 6.18 Å². The Morgan fingerprint density at radius 1 is 1.10 bits per heavy atom. The summed E-state index contributed by atoms with van der Waals surface area (Å²) in [7, 11) is 1.84. The van der Waals surface area contributed by atoms with Crippen LogP contribution in [0.1, 0.15) is 11.1 Å². The van der Waals surface area contributed by atoms with Crippen molar-refractivity contribution in [2.75, 3.05) is 7.05 Å². The molecule has 1 aromatic heterocycles. The molecule has 0 spiro atoms. The molecule has 0 aliphatic carbocycles. The first-order valence-electron chi connectivity index (χ1n) is 5.93. The van der Waals surface area contributed by atoms with E-state index in [4.69, 9.17) is 4.74 Å². The van der Waals surface area contributed by atoms with Crippen molar-refractivity contribution in [3.05, 3.63) is 53.7 Å². The lowest BCUT2D eigenvalue weighted by Gasteiger charge is -2.08. The normalized spacial score (nSPS) is 11.4. The van der Waals surface area contributed by atoms with Crippen molar-refractivity contribution in [1.29, 1.82) is 0 Å². The van der Waals surface area contributed by atoms with E-state index >= 15 is 0 Å². The average Bonchev–Trinajstić information content (AvgIpc) is 2.41. The van der Waals surface area contributed by atoms with Gasteiger partial charge in [-0.05, 0) is 30.8 Å². The molecule has 3 nitrogen and oxygen atoms in total. The highest BCUT2D eigenvalue weighted by Gasteiger charge is 2.30. The molecule has 2 aromatic rings. The van der Waals surface area contributed by atoms with Crippen molar-refractivity contribution < 1.29 is 17.9 Å². The Labute approximate surface area is 114 Å². The van der Waals surface area contributed by atoms with E-state index in [9.17, 15) is 13.2 Å². The van der Waals surface area contributed by atoms with Gasteiger partial charge in [-0.2, -0.15) is 13.2 Å². The molecule has 0 radical (unpaired) electrons. The average molecular weight is 282 g/mol. The summed E-state index contributed by atoms with van der Waals surface area (Å²) in [5.74, 6) is 0.650. The second-order valence-corrected chi connectivity index (χ2v) is 4.16. The lowest BCUT2D eigenvalue weighted by atomic mass is 10.2. The number of halogens is 3. The largest absolute Gasteiger partial charge is 0.439 e. The molecule has 1 N–H and O–H groups in total. The van der Waals surface area contributed by atoms with Crippen molar-refractivity contribution in [3.63, 3.8) is 0 Å². The number of rotatable bonds is 4. The van der Waals surface area contributed by atoms with Crippen LogP contribution in [0.2, 0.25) is 0 Å². The van der Waals surface area contributed by atoms with Crippen LogP contribution in [0.15, 0.2) is 42.6 Å². The summed E-state index contributed by atoms with van der Waals surface area (Å²) in [6, 6.07) is 9.37. The van der Waals surface area contributed by atoms with E-state index in [1.54, 1.807) is 12.1 Å². The molecule has 0 unspecified atom stereocenters. The number of nitrogens with zero attached hydrogens (tertiary/aromatic N) is 1. The molecular formula is C14H13F3N2O. The van der Waals surface area contributed by atoms with Crippen LogP contribution in [-0.4, -0.2) is 12.0 Å². The minimum absolute atomic E-state index is 0.124. The smallest absolute Gasteiger partial charge is 0.417 e. The number of hydrogen-bond acceptors (Lipinski definition) is 3. The molecule has 20 heavy (non-hydrogen) atoms. The third kappa shape index (κ3) is 3.71. The Morgan fingerprint density at radius 3 is 2.30 bits per heavy atom. The zero-order chi connectivity index (χ0) is 14.6. The Hall–Kier alpha value is -2.08. The molecule has 2 rings (SSSR count). The van der Waals surface area contributed by atoms with Gasteiger partial charge in [-0.25, -0.2) is 4.98 Å². The predicted molar refractivity (Wildman–Crippen MR) is 68.5 cm³/mol. The lowest BCUT2D eigenvalue weighted by Crippen LogP contribution is -2.05. The first-order chi connectivity index (χ1) is 9.49. The number of pyridine rings is 1. The summed E-state index contributed by atoms with van der Waals surface area (Å²) in [6.45, 7) is 0.735. The lowest BCUT2D eigenvalue weighted by molar-refractivity contribution is -0.137. The van der Waals surface area contributed by atoms with Gasteiger partial charge in [0.2, 0.25) is 5.88 Å². The zero-order valence-electron chi connectivity index (χ0n) is 10.7. The number of benzene rings is 1. The summed E-state index contributed by atoms with van der Waals surface area (Å²) < 4.78 is 42.5. The number of hydrogen-bond donors (Lipinski definition) is 1. The van der Waals surface area contributed by atoms with E-state index in [2.05, 4.69) is 10.3 Å². The molecule has 0 aliphatic heterocycles. The molecule has 0 fully saturated rings. The maximum Gasteiger partial charge on any atom is 0.417 e. The van der Waals surface area contributed by atoms with Gasteiger partial charge in [-0.15, -0.1) is 0 Å². The standard InChI is InChI=1S/C14H13F3N2O/c1-18-8-10-2-5-12(6-3-10)20-13-7-4-11(9-19-13)14(15,16)17/h2-7,9,18H,8H2,1H3. The predicted octanol–water partition coefficient (Wildman–Crippen LogP) is 3.61. The molecule has 0 atom stereocenters. The van der Waals surface area contributed by atoms with Crippen LogP contribution >= 0.6 is 0 Å². The summed E-state index contributed by atoms with van der Waals surface area (Å²) in [5.41, 5.74) is 0.287. The van der Waals surface area contributed by atoms with Crippen molar-refractivity contribution in [1.82, 2.24) is 10.3 Å². The Bertz CT molecular complexity index is 550. The molecule has 6 heteroatoms. The molecule has 0 aliphatic rings. The molecule has 1 heterocycles. The number of ether oxygens (including phenoxy) is 1. The van der Waals surface area contributed by atoms with Gasteiger partial charge in [-0.1, -0.05) is 12.1 Å². The van der Waals surface area contributed by atoms with Gasteiger partial charge in [-0.3, -0.25) is 0 Å². The molecule has 0 saturated carbocycles. The number of nitrogens with one attached hydrogen (secondary N) is 1. The van der Waals surface area contributed by atoms with Gasteiger partial charge in [0.15, 0.2) is 0 Å². The fraction of sp³-hybridized carbons (Fsp3) is 0.214. The van der Waals surface area contributed by atoms with Crippen LogP contribution in [-0.2, 0) is 12.7 Å². The first-order valence-corrected chi connectivity index (χ1v) is 5.93. The van der Waals surface area contributed by atoms with Crippen LogP contribution in [0, 0.1) is 0 Å². The van der Waals surface area contributed by atoms with E-state index < -0.39 is 11.7 Å². The summed E-state index contributed by atoms with van der Waals surface area (Å²) in [6.07, 6.45) is -3.63.